The van der Waals surface area contributed by atoms with Gasteiger partial charge in [0.1, 0.15) is 11.9 Å². The number of carbonyl (C=O) groups is 2. The highest BCUT2D eigenvalue weighted by Crippen LogP contribution is 2.08. The fourth-order valence-electron chi connectivity index (χ4n) is 1.36. The molecule has 0 spiro atoms. The number of carboxylic acid groups (broad SMARTS) is 2. The summed E-state index contributed by atoms with van der Waals surface area (Å²) < 4.78 is 0. The fraction of sp³-hybridized carbons (Fsp3) is 0.455. The van der Waals surface area contributed by atoms with Crippen molar-refractivity contribution in [3.8, 4) is 0 Å². The van der Waals surface area contributed by atoms with Crippen molar-refractivity contribution in [1.29, 1.82) is 0 Å². The van der Waals surface area contributed by atoms with Gasteiger partial charge in [-0.1, -0.05) is 19.8 Å². The van der Waals surface area contributed by atoms with E-state index in [9.17, 15) is 9.59 Å². The van der Waals surface area contributed by atoms with E-state index in [-0.39, 0.29) is 11.5 Å². The van der Waals surface area contributed by atoms with E-state index in [1.165, 1.54) is 6.20 Å². The zero-order chi connectivity index (χ0) is 13.5. The lowest BCUT2D eigenvalue weighted by Crippen LogP contribution is -2.29. The van der Waals surface area contributed by atoms with Crippen molar-refractivity contribution in [3.63, 3.8) is 0 Å². The number of nitrogens with zero attached hydrogens (tertiary/aromatic N) is 2. The van der Waals surface area contributed by atoms with E-state index in [0.29, 0.717) is 6.42 Å². The molecule has 98 valence electrons. The lowest BCUT2D eigenvalue weighted by atomic mass is 10.1. The average Bonchev–Trinajstić information content (AvgIpc) is 2.34. The molecule has 0 amide bonds. The van der Waals surface area contributed by atoms with Crippen LogP contribution in [0.5, 0.6) is 0 Å². The zero-order valence-corrected chi connectivity index (χ0v) is 9.96. The Bertz CT molecular complexity index is 419. The van der Waals surface area contributed by atoms with Gasteiger partial charge in [0.2, 0.25) is 0 Å². The third kappa shape index (κ3) is 4.00. The minimum absolute atomic E-state index is 0.180. The first-order chi connectivity index (χ1) is 8.54. The molecule has 1 aromatic heterocycles. The Kier molecular flexibility index (Phi) is 5.04. The van der Waals surface area contributed by atoms with Gasteiger partial charge in [0, 0.05) is 0 Å². The standard InChI is InChI=1S/C11H15N3O4/c1-2-3-4-7(10(15)16)14-9-6-12-8(5-13-9)11(17)18/h5-7H,2-4H2,1H3,(H,13,14)(H,15,16)(H,17,18). The maximum absolute atomic E-state index is 11.0. The summed E-state index contributed by atoms with van der Waals surface area (Å²) in [6, 6.07) is -0.741. The molecule has 0 aliphatic rings. The Labute approximate surface area is 104 Å². The number of rotatable bonds is 7. The molecule has 1 aromatic rings. The van der Waals surface area contributed by atoms with E-state index in [4.69, 9.17) is 10.2 Å². The predicted octanol–water partition coefficient (Wildman–Crippen LogP) is 1.23. The summed E-state index contributed by atoms with van der Waals surface area (Å²) in [5.41, 5.74) is -0.180. The molecule has 0 aliphatic carbocycles. The molecule has 3 N–H and O–H groups in total. The van der Waals surface area contributed by atoms with Crippen LogP contribution in [0.3, 0.4) is 0 Å². The van der Waals surface area contributed by atoms with E-state index in [0.717, 1.165) is 19.0 Å². The van der Waals surface area contributed by atoms with Gasteiger partial charge < -0.3 is 15.5 Å². The molecule has 7 heteroatoms. The molecule has 0 aliphatic heterocycles. The summed E-state index contributed by atoms with van der Waals surface area (Å²) in [5.74, 6) is -1.88. The van der Waals surface area contributed by atoms with Gasteiger partial charge in [-0.15, -0.1) is 0 Å². The van der Waals surface area contributed by atoms with E-state index >= 15 is 0 Å². The highest BCUT2D eigenvalue weighted by Gasteiger charge is 2.17. The van der Waals surface area contributed by atoms with E-state index in [1.54, 1.807) is 0 Å². The predicted molar refractivity (Wildman–Crippen MR) is 63.6 cm³/mol. The highest BCUT2D eigenvalue weighted by molar-refractivity contribution is 5.85. The minimum Gasteiger partial charge on any atom is -0.480 e. The Hall–Kier alpha value is -2.18. The molecule has 1 unspecified atom stereocenters. The summed E-state index contributed by atoms with van der Waals surface area (Å²) >= 11 is 0. The van der Waals surface area contributed by atoms with Crippen LogP contribution in [-0.4, -0.2) is 38.2 Å². The maximum Gasteiger partial charge on any atom is 0.356 e. The first kappa shape index (κ1) is 13.9. The third-order valence-corrected chi connectivity index (χ3v) is 2.34. The number of aromatic nitrogens is 2. The van der Waals surface area contributed by atoms with Gasteiger partial charge in [0.05, 0.1) is 12.4 Å². The maximum atomic E-state index is 11.0. The zero-order valence-electron chi connectivity index (χ0n) is 9.96. The molecule has 1 atom stereocenters. The van der Waals surface area contributed by atoms with Crippen LogP contribution in [-0.2, 0) is 4.79 Å². The van der Waals surface area contributed by atoms with Crippen molar-refractivity contribution in [2.24, 2.45) is 0 Å². The topological polar surface area (TPSA) is 112 Å². The Morgan fingerprint density at radius 3 is 2.50 bits per heavy atom. The molecule has 0 saturated heterocycles. The number of nitrogens with one attached hydrogen (secondary N) is 1. The molecule has 0 aromatic carbocycles. The molecule has 0 radical (unpaired) electrons. The monoisotopic (exact) mass is 253 g/mol. The lowest BCUT2D eigenvalue weighted by molar-refractivity contribution is -0.138. The summed E-state index contributed by atoms with van der Waals surface area (Å²) in [4.78, 5) is 29.0. The summed E-state index contributed by atoms with van der Waals surface area (Å²) in [5, 5.41) is 20.4. The summed E-state index contributed by atoms with van der Waals surface area (Å²) in [6.45, 7) is 1.97. The number of aromatic carboxylic acids is 1. The van der Waals surface area contributed by atoms with Crippen molar-refractivity contribution >= 4 is 17.8 Å². The van der Waals surface area contributed by atoms with Crippen LogP contribution in [0.2, 0.25) is 0 Å². The fourth-order valence-corrected chi connectivity index (χ4v) is 1.36. The van der Waals surface area contributed by atoms with Gasteiger partial charge in [0.25, 0.3) is 0 Å². The van der Waals surface area contributed by atoms with Crippen molar-refractivity contribution in [1.82, 2.24) is 9.97 Å². The largest absolute Gasteiger partial charge is 0.480 e. The van der Waals surface area contributed by atoms with E-state index < -0.39 is 18.0 Å². The van der Waals surface area contributed by atoms with Crippen LogP contribution in [0.25, 0.3) is 0 Å². The van der Waals surface area contributed by atoms with Gasteiger partial charge in [-0.05, 0) is 6.42 Å². The number of carboxylic acids is 2. The van der Waals surface area contributed by atoms with Crippen LogP contribution < -0.4 is 5.32 Å². The minimum atomic E-state index is -1.17. The van der Waals surface area contributed by atoms with Crippen LogP contribution in [0.4, 0.5) is 5.82 Å². The molecule has 0 bridgehead atoms. The number of anilines is 1. The summed E-state index contributed by atoms with van der Waals surface area (Å²) in [7, 11) is 0. The Balaban J connectivity index is 2.68. The number of hydrogen-bond donors (Lipinski definition) is 3. The smallest absolute Gasteiger partial charge is 0.356 e. The van der Waals surface area contributed by atoms with Gasteiger partial charge >= 0.3 is 11.9 Å². The second-order valence-corrected chi connectivity index (χ2v) is 3.77. The first-order valence-corrected chi connectivity index (χ1v) is 5.59. The van der Waals surface area contributed by atoms with Gasteiger partial charge in [-0.3, -0.25) is 0 Å². The van der Waals surface area contributed by atoms with Gasteiger partial charge in [-0.25, -0.2) is 19.6 Å². The van der Waals surface area contributed by atoms with Gasteiger partial charge in [0.15, 0.2) is 5.69 Å². The molecular formula is C11H15N3O4. The van der Waals surface area contributed by atoms with Crippen LogP contribution in [0, 0.1) is 0 Å². The van der Waals surface area contributed by atoms with E-state index in [2.05, 4.69) is 15.3 Å². The third-order valence-electron chi connectivity index (χ3n) is 2.34. The van der Waals surface area contributed by atoms with Crippen molar-refractivity contribution in [3.05, 3.63) is 18.1 Å². The first-order valence-electron chi connectivity index (χ1n) is 5.59. The molecule has 18 heavy (non-hydrogen) atoms. The normalized spacial score (nSPS) is 11.8. The molecule has 0 saturated carbocycles. The molecular weight excluding hydrogens is 238 g/mol. The van der Waals surface area contributed by atoms with E-state index in [1.807, 2.05) is 6.92 Å². The molecule has 1 heterocycles. The molecule has 0 fully saturated rings. The van der Waals surface area contributed by atoms with Crippen molar-refractivity contribution < 1.29 is 19.8 Å². The number of hydrogen-bond acceptors (Lipinski definition) is 5. The van der Waals surface area contributed by atoms with Gasteiger partial charge in [-0.2, -0.15) is 0 Å². The van der Waals surface area contributed by atoms with Crippen LogP contribution in [0.15, 0.2) is 12.4 Å². The van der Waals surface area contributed by atoms with Crippen LogP contribution >= 0.6 is 0 Å². The van der Waals surface area contributed by atoms with Crippen molar-refractivity contribution in [2.75, 3.05) is 5.32 Å². The molecule has 1 rings (SSSR count). The van der Waals surface area contributed by atoms with Crippen LogP contribution in [0.1, 0.15) is 36.7 Å². The van der Waals surface area contributed by atoms with Crippen molar-refractivity contribution in [2.45, 2.75) is 32.2 Å². The lowest BCUT2D eigenvalue weighted by Gasteiger charge is -2.14. The summed E-state index contributed by atoms with van der Waals surface area (Å²) in [6.07, 6.45) is 4.46. The Morgan fingerprint density at radius 1 is 1.33 bits per heavy atom. The number of unbranched alkanes of at least 4 members (excludes halogenated alkanes) is 1. The second kappa shape index (κ2) is 6.53. The SMILES string of the molecule is CCCCC(Nc1cnc(C(=O)O)cn1)C(=O)O. The molecule has 7 nitrogen and oxygen atoms in total. The highest BCUT2D eigenvalue weighted by atomic mass is 16.4. The number of aliphatic carboxylic acids is 1. The Morgan fingerprint density at radius 2 is 2.06 bits per heavy atom. The quantitative estimate of drug-likeness (QED) is 0.669. The second-order valence-electron chi connectivity index (χ2n) is 3.77. The average molecular weight is 253 g/mol.